The number of hydrogen-bond acceptors (Lipinski definition) is 2. The fourth-order valence-electron chi connectivity index (χ4n) is 3.00. The molecule has 2 atom stereocenters. The fourth-order valence-corrected chi connectivity index (χ4v) is 3.00. The number of nitrogens with one attached hydrogen (secondary N) is 1. The van der Waals surface area contributed by atoms with Crippen LogP contribution in [-0.4, -0.2) is 25.8 Å². The van der Waals surface area contributed by atoms with Crippen LogP contribution >= 0.6 is 0 Å². The third kappa shape index (κ3) is 3.33. The molecule has 2 aliphatic rings. The fraction of sp³-hybridized carbons (Fsp3) is 0.857. The maximum atomic E-state index is 5.32. The van der Waals surface area contributed by atoms with E-state index in [2.05, 4.69) is 18.3 Å². The van der Waals surface area contributed by atoms with E-state index in [1.807, 2.05) is 0 Å². The molecule has 0 aromatic rings. The van der Waals surface area contributed by atoms with Crippen molar-refractivity contribution in [1.29, 1.82) is 0 Å². The van der Waals surface area contributed by atoms with Gasteiger partial charge in [0.15, 0.2) is 0 Å². The van der Waals surface area contributed by atoms with E-state index in [1.54, 1.807) is 5.57 Å². The Morgan fingerprint density at radius 3 is 3.12 bits per heavy atom. The predicted molar refractivity (Wildman–Crippen MR) is 67.6 cm³/mol. The van der Waals surface area contributed by atoms with Crippen LogP contribution in [0.1, 0.15) is 45.4 Å². The van der Waals surface area contributed by atoms with Crippen molar-refractivity contribution >= 4 is 0 Å². The minimum atomic E-state index is 0.797. The number of rotatable bonds is 5. The molecular weight excluding hydrogens is 198 g/mol. The summed E-state index contributed by atoms with van der Waals surface area (Å²) >= 11 is 0. The van der Waals surface area contributed by atoms with Gasteiger partial charge in [-0.05, 0) is 38.1 Å². The van der Waals surface area contributed by atoms with Crippen molar-refractivity contribution in [3.8, 4) is 0 Å². The molecule has 0 bridgehead atoms. The summed E-state index contributed by atoms with van der Waals surface area (Å²) in [5, 5.41) is 3.75. The molecule has 0 spiro atoms. The molecule has 0 radical (unpaired) electrons. The topological polar surface area (TPSA) is 21.3 Å². The van der Waals surface area contributed by atoms with E-state index in [-0.39, 0.29) is 0 Å². The highest BCUT2D eigenvalue weighted by molar-refractivity contribution is 5.05. The van der Waals surface area contributed by atoms with Crippen LogP contribution in [0, 0.1) is 5.92 Å². The standard InChI is InChI=1S/C14H25NO/c1-2-13-4-3-5-14(13)15-9-6-12-7-10-16-11-8-12/h7,13-15H,2-6,8-11H2,1H3. The Balaban J connectivity index is 1.65. The summed E-state index contributed by atoms with van der Waals surface area (Å²) in [6, 6.07) is 0.797. The van der Waals surface area contributed by atoms with Gasteiger partial charge >= 0.3 is 0 Å². The number of hydrogen-bond donors (Lipinski definition) is 1. The zero-order valence-corrected chi connectivity index (χ0v) is 10.5. The monoisotopic (exact) mass is 223 g/mol. The van der Waals surface area contributed by atoms with Crippen LogP contribution in [0.4, 0.5) is 0 Å². The van der Waals surface area contributed by atoms with Gasteiger partial charge in [-0.3, -0.25) is 0 Å². The van der Waals surface area contributed by atoms with Gasteiger partial charge in [-0.25, -0.2) is 0 Å². The molecule has 0 amide bonds. The molecule has 2 nitrogen and oxygen atoms in total. The summed E-state index contributed by atoms with van der Waals surface area (Å²) in [5.74, 6) is 0.934. The molecule has 2 rings (SSSR count). The van der Waals surface area contributed by atoms with Crippen LogP contribution in [0.3, 0.4) is 0 Å². The molecule has 0 saturated heterocycles. The van der Waals surface area contributed by atoms with Crippen molar-refractivity contribution in [2.24, 2.45) is 5.92 Å². The summed E-state index contributed by atoms with van der Waals surface area (Å²) in [6.07, 6.45) is 10.2. The molecule has 2 heteroatoms. The van der Waals surface area contributed by atoms with E-state index >= 15 is 0 Å². The summed E-state index contributed by atoms with van der Waals surface area (Å²) in [6.45, 7) is 5.24. The maximum absolute atomic E-state index is 5.32. The predicted octanol–water partition coefficient (Wildman–Crippen LogP) is 2.89. The van der Waals surface area contributed by atoms with Crippen LogP contribution in [0.2, 0.25) is 0 Å². The number of ether oxygens (including phenoxy) is 1. The minimum absolute atomic E-state index is 0.797. The SMILES string of the molecule is CCC1CCCC1NCCC1=CCOCC1. The molecule has 16 heavy (non-hydrogen) atoms. The summed E-state index contributed by atoms with van der Waals surface area (Å²) in [7, 11) is 0. The Morgan fingerprint density at radius 1 is 1.44 bits per heavy atom. The molecule has 92 valence electrons. The van der Waals surface area contributed by atoms with E-state index in [4.69, 9.17) is 4.74 Å². The molecule has 1 saturated carbocycles. The van der Waals surface area contributed by atoms with Crippen molar-refractivity contribution in [3.05, 3.63) is 11.6 Å². The lowest BCUT2D eigenvalue weighted by Gasteiger charge is -2.20. The molecule has 1 aliphatic heterocycles. The van der Waals surface area contributed by atoms with E-state index in [0.29, 0.717) is 0 Å². The van der Waals surface area contributed by atoms with Crippen LogP contribution < -0.4 is 5.32 Å². The van der Waals surface area contributed by atoms with Crippen LogP contribution in [0.15, 0.2) is 11.6 Å². The highest BCUT2D eigenvalue weighted by atomic mass is 16.5. The lowest BCUT2D eigenvalue weighted by atomic mass is 10.0. The minimum Gasteiger partial charge on any atom is -0.377 e. The Morgan fingerprint density at radius 2 is 2.38 bits per heavy atom. The van der Waals surface area contributed by atoms with Crippen molar-refractivity contribution < 1.29 is 4.74 Å². The molecule has 1 fully saturated rings. The second-order valence-corrected chi connectivity index (χ2v) is 5.10. The molecule has 2 unspecified atom stereocenters. The van der Waals surface area contributed by atoms with Gasteiger partial charge in [0.1, 0.15) is 0 Å². The van der Waals surface area contributed by atoms with E-state index in [9.17, 15) is 0 Å². The first-order chi connectivity index (χ1) is 7.90. The summed E-state index contributed by atoms with van der Waals surface area (Å²) in [4.78, 5) is 0. The van der Waals surface area contributed by atoms with Gasteiger partial charge in [-0.15, -0.1) is 0 Å². The lowest BCUT2D eigenvalue weighted by Crippen LogP contribution is -2.33. The quantitative estimate of drug-likeness (QED) is 0.724. The van der Waals surface area contributed by atoms with Gasteiger partial charge in [0.2, 0.25) is 0 Å². The lowest BCUT2D eigenvalue weighted by molar-refractivity contribution is 0.153. The van der Waals surface area contributed by atoms with E-state index in [0.717, 1.165) is 38.1 Å². The summed E-state index contributed by atoms with van der Waals surface area (Å²) < 4.78 is 5.32. The van der Waals surface area contributed by atoms with Gasteiger partial charge in [0.25, 0.3) is 0 Å². The van der Waals surface area contributed by atoms with Gasteiger partial charge in [-0.1, -0.05) is 31.4 Å². The Labute approximate surface area is 99.4 Å². The third-order valence-electron chi connectivity index (χ3n) is 4.09. The zero-order valence-electron chi connectivity index (χ0n) is 10.5. The first kappa shape index (κ1) is 12.1. The normalized spacial score (nSPS) is 30.4. The zero-order chi connectivity index (χ0) is 11.2. The van der Waals surface area contributed by atoms with Crippen molar-refractivity contribution in [2.75, 3.05) is 19.8 Å². The Hall–Kier alpha value is -0.340. The second-order valence-electron chi connectivity index (χ2n) is 5.10. The molecule has 0 aromatic carbocycles. The average molecular weight is 223 g/mol. The molecule has 1 heterocycles. The van der Waals surface area contributed by atoms with Crippen molar-refractivity contribution in [2.45, 2.75) is 51.5 Å². The highest BCUT2D eigenvalue weighted by Gasteiger charge is 2.24. The second kappa shape index (κ2) is 6.41. The van der Waals surface area contributed by atoms with Gasteiger partial charge < -0.3 is 10.1 Å². The average Bonchev–Trinajstić information content (AvgIpc) is 2.78. The molecule has 0 aromatic heterocycles. The van der Waals surface area contributed by atoms with Crippen molar-refractivity contribution in [1.82, 2.24) is 5.32 Å². The van der Waals surface area contributed by atoms with E-state index in [1.165, 1.54) is 32.1 Å². The van der Waals surface area contributed by atoms with Crippen LogP contribution in [0.5, 0.6) is 0 Å². The Kier molecular flexibility index (Phi) is 4.86. The highest BCUT2D eigenvalue weighted by Crippen LogP contribution is 2.28. The molecular formula is C14H25NO. The van der Waals surface area contributed by atoms with Crippen LogP contribution in [0.25, 0.3) is 0 Å². The third-order valence-corrected chi connectivity index (χ3v) is 4.09. The van der Waals surface area contributed by atoms with Gasteiger partial charge in [0, 0.05) is 6.04 Å². The van der Waals surface area contributed by atoms with Gasteiger partial charge in [0.05, 0.1) is 13.2 Å². The molecule has 1 N–H and O–H groups in total. The Bertz CT molecular complexity index is 237. The van der Waals surface area contributed by atoms with E-state index < -0.39 is 0 Å². The van der Waals surface area contributed by atoms with Crippen molar-refractivity contribution in [3.63, 3.8) is 0 Å². The van der Waals surface area contributed by atoms with Gasteiger partial charge in [-0.2, -0.15) is 0 Å². The maximum Gasteiger partial charge on any atom is 0.0650 e. The largest absolute Gasteiger partial charge is 0.377 e. The van der Waals surface area contributed by atoms with Crippen LogP contribution in [-0.2, 0) is 4.74 Å². The smallest absolute Gasteiger partial charge is 0.0650 e. The summed E-state index contributed by atoms with van der Waals surface area (Å²) in [5.41, 5.74) is 1.59. The first-order valence-corrected chi connectivity index (χ1v) is 6.89. The molecule has 1 aliphatic carbocycles. The first-order valence-electron chi connectivity index (χ1n) is 6.89.